The highest BCUT2D eigenvalue weighted by atomic mass is 32.2. The fourth-order valence-corrected chi connectivity index (χ4v) is 5.47. The molecular weight excluding hydrogens is 559 g/mol. The maximum Gasteiger partial charge on any atom is 0.322 e. The van der Waals surface area contributed by atoms with E-state index in [9.17, 15) is 17.6 Å². The molecule has 0 radical (unpaired) electrons. The topological polar surface area (TPSA) is 120 Å². The number of hydrogen-bond acceptors (Lipinski definition) is 6. The Morgan fingerprint density at radius 2 is 1.62 bits per heavy atom. The van der Waals surface area contributed by atoms with Gasteiger partial charge >= 0.3 is 6.03 Å². The van der Waals surface area contributed by atoms with Gasteiger partial charge in [-0.05, 0) is 79.1 Å². The van der Waals surface area contributed by atoms with E-state index in [2.05, 4.69) is 24.9 Å². The van der Waals surface area contributed by atoms with Crippen LogP contribution in [0, 0.1) is 5.82 Å². The molecule has 220 valence electrons. The number of ether oxygens (including phenoxy) is 1. The fourth-order valence-electron chi connectivity index (χ4n) is 4.90. The maximum absolute atomic E-state index is 13.3. The number of H-pyrrole nitrogens is 1. The van der Waals surface area contributed by atoms with Crippen molar-refractivity contribution in [1.82, 2.24) is 19.8 Å². The molecule has 0 saturated carbocycles. The second-order valence-corrected chi connectivity index (χ2v) is 12.0. The molecule has 5 rings (SSSR count). The summed E-state index contributed by atoms with van der Waals surface area (Å²) >= 11 is 0. The van der Waals surface area contributed by atoms with Gasteiger partial charge in [0.05, 0.1) is 24.8 Å². The third-order valence-electron chi connectivity index (χ3n) is 6.97. The van der Waals surface area contributed by atoms with Crippen LogP contribution >= 0.6 is 0 Å². The third kappa shape index (κ3) is 8.30. The van der Waals surface area contributed by atoms with Gasteiger partial charge in [-0.15, -0.1) is 0 Å². The Kier molecular flexibility index (Phi) is 9.03. The number of nitrogens with one attached hydrogen (secondary N) is 3. The number of aromatic amines is 1. The lowest BCUT2D eigenvalue weighted by molar-refractivity contribution is 0.119. The summed E-state index contributed by atoms with van der Waals surface area (Å²) in [5.41, 5.74) is 3.01. The van der Waals surface area contributed by atoms with E-state index in [4.69, 9.17) is 4.74 Å². The van der Waals surface area contributed by atoms with Crippen LogP contribution < -0.4 is 14.8 Å². The number of rotatable bonds is 10. The number of aromatic nitrogens is 2. The van der Waals surface area contributed by atoms with E-state index >= 15 is 0 Å². The molecule has 0 unspecified atom stereocenters. The predicted octanol–water partition coefficient (Wildman–Crippen LogP) is 5.41. The number of likely N-dealkylation sites (tertiary alicyclic amines) is 1. The van der Waals surface area contributed by atoms with E-state index in [0.29, 0.717) is 29.4 Å². The van der Waals surface area contributed by atoms with Crippen molar-refractivity contribution in [3.8, 4) is 11.5 Å². The summed E-state index contributed by atoms with van der Waals surface area (Å²) < 4.78 is 44.4. The van der Waals surface area contributed by atoms with Crippen LogP contribution in [0.3, 0.4) is 0 Å². The molecule has 0 aliphatic carbocycles. The number of halogens is 1. The predicted molar refractivity (Wildman–Crippen MR) is 159 cm³/mol. The first kappa shape index (κ1) is 29.1. The Morgan fingerprint density at radius 1 is 1.00 bits per heavy atom. The Morgan fingerprint density at radius 3 is 2.21 bits per heavy atom. The number of benzene rings is 3. The number of carbonyl (C=O) groups excluding carboxylic acids is 1. The minimum atomic E-state index is -3.33. The standard InChI is InChI=1S/C30H33FN6O4S/c1-42(39,40)35-25-8-12-29(13-9-25)41-28-10-2-22(3-11-28)19-36-16-14-27(15-17-36)37(20-26-18-32-21-33-26)30(38)34-24-6-4-23(31)5-7-24/h2-13,18,21,27,35H,14-17,19-20H2,1H3,(H,32,33)(H,34,38). The van der Waals surface area contributed by atoms with Crippen LogP contribution in [-0.4, -0.2) is 59.6 Å². The van der Waals surface area contributed by atoms with Crippen LogP contribution in [0.1, 0.15) is 24.1 Å². The first-order valence-corrected chi connectivity index (χ1v) is 15.5. The lowest BCUT2D eigenvalue weighted by Gasteiger charge is -2.38. The zero-order valence-electron chi connectivity index (χ0n) is 23.2. The summed E-state index contributed by atoms with van der Waals surface area (Å²) in [6.07, 6.45) is 6.05. The molecule has 10 nitrogen and oxygen atoms in total. The van der Waals surface area contributed by atoms with Gasteiger partial charge in [0, 0.05) is 43.2 Å². The first-order chi connectivity index (χ1) is 20.2. The minimum absolute atomic E-state index is 0.0415. The molecule has 0 bridgehead atoms. The minimum Gasteiger partial charge on any atom is -0.457 e. The van der Waals surface area contributed by atoms with Crippen molar-refractivity contribution in [3.05, 3.63) is 102 Å². The Balaban J connectivity index is 1.14. The van der Waals surface area contributed by atoms with Crippen LogP contribution in [0.2, 0.25) is 0 Å². The van der Waals surface area contributed by atoms with Gasteiger partial charge in [0.1, 0.15) is 17.3 Å². The SMILES string of the molecule is CS(=O)(=O)Nc1ccc(Oc2ccc(CN3CCC(N(Cc4cnc[nH]4)C(=O)Nc4ccc(F)cc4)CC3)cc2)cc1. The van der Waals surface area contributed by atoms with Crippen molar-refractivity contribution in [2.45, 2.75) is 32.0 Å². The molecule has 0 spiro atoms. The Bertz CT molecular complexity index is 1560. The summed E-state index contributed by atoms with van der Waals surface area (Å²) in [5.74, 6) is 0.933. The molecule has 12 heteroatoms. The summed E-state index contributed by atoms with van der Waals surface area (Å²) in [6.45, 7) is 2.84. The maximum atomic E-state index is 13.3. The van der Waals surface area contributed by atoms with Gasteiger partial charge in [-0.1, -0.05) is 12.1 Å². The highest BCUT2D eigenvalue weighted by molar-refractivity contribution is 7.92. The molecule has 3 N–H and O–H groups in total. The number of urea groups is 1. The summed E-state index contributed by atoms with van der Waals surface area (Å²) in [5, 5.41) is 2.90. The lowest BCUT2D eigenvalue weighted by atomic mass is 10.0. The van der Waals surface area contributed by atoms with Crippen LogP contribution in [0.5, 0.6) is 11.5 Å². The number of carbonyl (C=O) groups is 1. The van der Waals surface area contributed by atoms with Crippen molar-refractivity contribution in [2.24, 2.45) is 0 Å². The summed E-state index contributed by atoms with van der Waals surface area (Å²) in [7, 11) is -3.33. The van der Waals surface area contributed by atoms with Crippen molar-refractivity contribution < 1.29 is 22.3 Å². The van der Waals surface area contributed by atoms with E-state index in [0.717, 1.165) is 50.0 Å². The van der Waals surface area contributed by atoms with Crippen LogP contribution in [-0.2, 0) is 23.1 Å². The number of nitrogens with zero attached hydrogens (tertiary/aromatic N) is 3. The molecule has 2 heterocycles. The number of imidazole rings is 1. The Hall–Kier alpha value is -4.42. The van der Waals surface area contributed by atoms with E-state index in [1.165, 1.54) is 12.1 Å². The number of sulfonamides is 1. The average molecular weight is 593 g/mol. The summed E-state index contributed by atoms with van der Waals surface area (Å²) in [6, 6.07) is 20.2. The van der Waals surface area contributed by atoms with Crippen LogP contribution in [0.4, 0.5) is 20.6 Å². The smallest absolute Gasteiger partial charge is 0.322 e. The van der Waals surface area contributed by atoms with Gasteiger partial charge in [0.25, 0.3) is 0 Å². The summed E-state index contributed by atoms with van der Waals surface area (Å²) in [4.78, 5) is 24.6. The molecule has 2 amide bonds. The highest BCUT2D eigenvalue weighted by Crippen LogP contribution is 2.25. The molecule has 1 aliphatic rings. The molecular formula is C30H33FN6O4S. The zero-order chi connectivity index (χ0) is 29.5. The van der Waals surface area contributed by atoms with Crippen molar-refractivity contribution >= 4 is 27.4 Å². The lowest BCUT2D eigenvalue weighted by Crippen LogP contribution is -2.48. The van der Waals surface area contributed by atoms with Crippen molar-refractivity contribution in [1.29, 1.82) is 0 Å². The second-order valence-electron chi connectivity index (χ2n) is 10.3. The Labute approximate surface area is 244 Å². The average Bonchev–Trinajstić information content (AvgIpc) is 3.48. The van der Waals surface area contributed by atoms with Crippen LogP contribution in [0.15, 0.2) is 85.3 Å². The second kappa shape index (κ2) is 13.0. The molecule has 1 saturated heterocycles. The van der Waals surface area contributed by atoms with E-state index in [1.807, 2.05) is 29.2 Å². The zero-order valence-corrected chi connectivity index (χ0v) is 24.0. The first-order valence-electron chi connectivity index (χ1n) is 13.6. The van der Waals surface area contributed by atoms with Crippen molar-refractivity contribution in [2.75, 3.05) is 29.4 Å². The van der Waals surface area contributed by atoms with E-state index in [1.54, 1.807) is 48.9 Å². The van der Waals surface area contributed by atoms with Crippen LogP contribution in [0.25, 0.3) is 0 Å². The molecule has 42 heavy (non-hydrogen) atoms. The monoisotopic (exact) mass is 592 g/mol. The largest absolute Gasteiger partial charge is 0.457 e. The van der Waals surface area contributed by atoms with Crippen molar-refractivity contribution in [3.63, 3.8) is 0 Å². The van der Waals surface area contributed by atoms with Gasteiger partial charge in [-0.3, -0.25) is 9.62 Å². The number of amides is 2. The van der Waals surface area contributed by atoms with Gasteiger partial charge in [-0.2, -0.15) is 0 Å². The molecule has 1 fully saturated rings. The molecule has 3 aromatic carbocycles. The number of piperidine rings is 1. The number of hydrogen-bond donors (Lipinski definition) is 3. The molecule has 4 aromatic rings. The van der Waals surface area contributed by atoms with E-state index < -0.39 is 10.0 Å². The molecule has 1 aromatic heterocycles. The number of anilines is 2. The highest BCUT2D eigenvalue weighted by Gasteiger charge is 2.28. The van der Waals surface area contributed by atoms with Gasteiger partial charge in [0.15, 0.2) is 0 Å². The molecule has 1 aliphatic heterocycles. The normalized spacial score (nSPS) is 14.3. The third-order valence-corrected chi connectivity index (χ3v) is 7.58. The fraction of sp³-hybridized carbons (Fsp3) is 0.267. The van der Waals surface area contributed by atoms with Gasteiger partial charge in [-0.25, -0.2) is 22.6 Å². The van der Waals surface area contributed by atoms with Gasteiger partial charge < -0.3 is 19.9 Å². The van der Waals surface area contributed by atoms with Gasteiger partial charge in [0.2, 0.25) is 10.0 Å². The van der Waals surface area contributed by atoms with E-state index in [-0.39, 0.29) is 17.9 Å². The quantitative estimate of drug-likeness (QED) is 0.227. The molecule has 0 atom stereocenters.